The zero-order valence-corrected chi connectivity index (χ0v) is 9.69. The summed E-state index contributed by atoms with van der Waals surface area (Å²) in [6.45, 7) is 0.0762. The first-order valence-electron chi connectivity index (χ1n) is 4.98. The number of carboxylic acid groups (broad SMARTS) is 1. The number of anilines is 1. The molecule has 0 aliphatic carbocycles. The Balaban J connectivity index is 2.91. The van der Waals surface area contributed by atoms with Gasteiger partial charge >= 0.3 is 12.0 Å². The third-order valence-electron chi connectivity index (χ3n) is 2.05. The number of aromatic carboxylic acids is 1. The highest BCUT2D eigenvalue weighted by molar-refractivity contribution is 5.94. The van der Waals surface area contributed by atoms with Gasteiger partial charge in [0, 0.05) is 0 Å². The Hall–Kier alpha value is -2.68. The van der Waals surface area contributed by atoms with E-state index >= 15 is 0 Å². The van der Waals surface area contributed by atoms with Gasteiger partial charge in [-0.2, -0.15) is 0 Å². The van der Waals surface area contributed by atoms with E-state index in [1.807, 2.05) is 0 Å². The molecule has 1 aromatic carbocycles. The molecule has 6 nitrogen and oxygen atoms in total. The van der Waals surface area contributed by atoms with Gasteiger partial charge in [-0.15, -0.1) is 6.42 Å². The number of ether oxygens (including phenoxy) is 1. The van der Waals surface area contributed by atoms with E-state index in [-0.39, 0.29) is 17.8 Å². The molecule has 0 saturated carbocycles. The fourth-order valence-corrected chi connectivity index (χ4v) is 1.24. The zero-order chi connectivity index (χ0) is 13.5. The van der Waals surface area contributed by atoms with Crippen molar-refractivity contribution >= 4 is 17.7 Å². The number of methoxy groups -OCH3 is 1. The van der Waals surface area contributed by atoms with Crippen LogP contribution < -0.4 is 15.4 Å². The number of carbonyl (C=O) groups excluding carboxylic acids is 1. The average molecular weight is 248 g/mol. The maximum atomic E-state index is 11.4. The number of carbonyl (C=O) groups is 2. The summed E-state index contributed by atoms with van der Waals surface area (Å²) in [5.74, 6) is 1.51. The van der Waals surface area contributed by atoms with Gasteiger partial charge in [0.05, 0.1) is 24.9 Å². The predicted molar refractivity (Wildman–Crippen MR) is 65.8 cm³/mol. The van der Waals surface area contributed by atoms with Crippen molar-refractivity contribution in [3.63, 3.8) is 0 Å². The quantitative estimate of drug-likeness (QED) is 0.697. The molecule has 94 valence electrons. The van der Waals surface area contributed by atoms with Crippen molar-refractivity contribution in [2.75, 3.05) is 19.0 Å². The Bertz CT molecular complexity index is 505. The third-order valence-corrected chi connectivity index (χ3v) is 2.05. The van der Waals surface area contributed by atoms with Crippen LogP contribution in [0.1, 0.15) is 10.4 Å². The van der Waals surface area contributed by atoms with Gasteiger partial charge in [-0.25, -0.2) is 9.59 Å². The molecule has 0 unspecified atom stereocenters. The zero-order valence-electron chi connectivity index (χ0n) is 9.69. The molecule has 3 N–H and O–H groups in total. The standard InChI is InChI=1S/C12H12N2O4/c1-3-6-13-12(17)14-9-7-8(11(15)16)4-5-10(9)18-2/h1,4-5,7H,6H2,2H3,(H,15,16)(H2,13,14,17). The van der Waals surface area contributed by atoms with Crippen LogP contribution >= 0.6 is 0 Å². The van der Waals surface area contributed by atoms with E-state index in [2.05, 4.69) is 16.6 Å². The van der Waals surface area contributed by atoms with Crippen LogP contribution in [0, 0.1) is 12.3 Å². The van der Waals surface area contributed by atoms with Crippen molar-refractivity contribution < 1.29 is 19.4 Å². The van der Waals surface area contributed by atoms with Crippen LogP contribution in [0.3, 0.4) is 0 Å². The van der Waals surface area contributed by atoms with Crippen LogP contribution in [0.15, 0.2) is 18.2 Å². The normalized spacial score (nSPS) is 9.11. The third kappa shape index (κ3) is 3.42. The number of rotatable bonds is 4. The van der Waals surface area contributed by atoms with Gasteiger partial charge in [0.15, 0.2) is 0 Å². The summed E-state index contributed by atoms with van der Waals surface area (Å²) in [7, 11) is 1.42. The lowest BCUT2D eigenvalue weighted by Gasteiger charge is -2.11. The van der Waals surface area contributed by atoms with Crippen LogP contribution in [0.25, 0.3) is 0 Å². The first kappa shape index (κ1) is 13.4. The number of amides is 2. The SMILES string of the molecule is C#CCNC(=O)Nc1cc(C(=O)O)ccc1OC. The molecule has 0 fully saturated rings. The van der Waals surface area contributed by atoms with E-state index in [0.29, 0.717) is 5.75 Å². The highest BCUT2D eigenvalue weighted by atomic mass is 16.5. The molecule has 0 bridgehead atoms. The number of hydrogen-bond acceptors (Lipinski definition) is 3. The molecule has 0 aliphatic heterocycles. The lowest BCUT2D eigenvalue weighted by Crippen LogP contribution is -2.29. The summed E-state index contributed by atoms with van der Waals surface area (Å²) in [5.41, 5.74) is 0.301. The molecule has 0 radical (unpaired) electrons. The molecule has 0 aliphatic rings. The maximum absolute atomic E-state index is 11.4. The van der Waals surface area contributed by atoms with Gasteiger partial charge in [0.25, 0.3) is 0 Å². The smallest absolute Gasteiger partial charge is 0.335 e. The summed E-state index contributed by atoms with van der Waals surface area (Å²) in [6, 6.07) is 3.61. The van der Waals surface area contributed by atoms with Crippen molar-refractivity contribution in [3.8, 4) is 18.1 Å². The summed E-state index contributed by atoms with van der Waals surface area (Å²) in [4.78, 5) is 22.2. The molecule has 6 heteroatoms. The number of nitrogens with one attached hydrogen (secondary N) is 2. The van der Waals surface area contributed by atoms with Gasteiger partial charge in [-0.1, -0.05) is 5.92 Å². The Morgan fingerprint density at radius 2 is 2.22 bits per heavy atom. The second kappa shape index (κ2) is 6.15. The highest BCUT2D eigenvalue weighted by Crippen LogP contribution is 2.25. The van der Waals surface area contributed by atoms with Gasteiger partial charge < -0.3 is 20.5 Å². The van der Waals surface area contributed by atoms with Crippen molar-refractivity contribution in [2.45, 2.75) is 0 Å². The van der Waals surface area contributed by atoms with Gasteiger partial charge in [0.1, 0.15) is 5.75 Å². The van der Waals surface area contributed by atoms with E-state index in [1.165, 1.54) is 25.3 Å². The van der Waals surface area contributed by atoms with Crippen LogP contribution in [0.2, 0.25) is 0 Å². The molecule has 0 spiro atoms. The van der Waals surface area contributed by atoms with Gasteiger partial charge in [-0.05, 0) is 18.2 Å². The number of hydrogen-bond donors (Lipinski definition) is 3. The molecule has 0 aromatic heterocycles. The summed E-state index contributed by atoms with van der Waals surface area (Å²) >= 11 is 0. The molecule has 1 rings (SSSR count). The van der Waals surface area contributed by atoms with Gasteiger partial charge in [-0.3, -0.25) is 0 Å². The van der Waals surface area contributed by atoms with Crippen molar-refractivity contribution in [2.24, 2.45) is 0 Å². The van der Waals surface area contributed by atoms with Crippen molar-refractivity contribution in [3.05, 3.63) is 23.8 Å². The fraction of sp³-hybridized carbons (Fsp3) is 0.167. The van der Waals surface area contributed by atoms with Crippen molar-refractivity contribution in [1.29, 1.82) is 0 Å². The largest absolute Gasteiger partial charge is 0.495 e. The fourth-order valence-electron chi connectivity index (χ4n) is 1.24. The minimum atomic E-state index is -1.09. The Labute approximate surface area is 104 Å². The Kier molecular flexibility index (Phi) is 4.58. The van der Waals surface area contributed by atoms with E-state index < -0.39 is 12.0 Å². The van der Waals surface area contributed by atoms with Crippen molar-refractivity contribution in [1.82, 2.24) is 5.32 Å². The number of terminal acetylenes is 1. The minimum absolute atomic E-state index is 0.0445. The molecular weight excluding hydrogens is 236 g/mol. The summed E-state index contributed by atoms with van der Waals surface area (Å²) in [6.07, 6.45) is 5.00. The molecule has 0 heterocycles. The first-order valence-corrected chi connectivity index (χ1v) is 4.98. The molecule has 0 saturated heterocycles. The molecule has 2 amide bonds. The first-order chi connectivity index (χ1) is 8.58. The van der Waals surface area contributed by atoms with Crippen LogP contribution in [0.4, 0.5) is 10.5 Å². The predicted octanol–water partition coefficient (Wildman–Crippen LogP) is 1.15. The van der Waals surface area contributed by atoms with E-state index in [0.717, 1.165) is 0 Å². The number of benzene rings is 1. The Morgan fingerprint density at radius 3 is 2.78 bits per heavy atom. The van der Waals surface area contributed by atoms with E-state index in [1.54, 1.807) is 0 Å². The lowest BCUT2D eigenvalue weighted by molar-refractivity contribution is 0.0697. The maximum Gasteiger partial charge on any atom is 0.335 e. The second-order valence-corrected chi connectivity index (χ2v) is 3.23. The summed E-state index contributed by atoms with van der Waals surface area (Å²) in [5, 5.41) is 13.7. The molecule has 18 heavy (non-hydrogen) atoms. The van der Waals surface area contributed by atoms with Crippen LogP contribution in [0.5, 0.6) is 5.75 Å². The molecule has 0 atom stereocenters. The lowest BCUT2D eigenvalue weighted by atomic mass is 10.2. The average Bonchev–Trinajstić information content (AvgIpc) is 2.36. The second-order valence-electron chi connectivity index (χ2n) is 3.23. The number of carboxylic acids is 1. The van der Waals surface area contributed by atoms with E-state index in [4.69, 9.17) is 16.3 Å². The monoisotopic (exact) mass is 248 g/mol. The summed E-state index contributed by atoms with van der Waals surface area (Å²) < 4.78 is 5.01. The van der Waals surface area contributed by atoms with Crippen LogP contribution in [-0.4, -0.2) is 30.8 Å². The minimum Gasteiger partial charge on any atom is -0.495 e. The number of urea groups is 1. The topological polar surface area (TPSA) is 87.7 Å². The van der Waals surface area contributed by atoms with Gasteiger partial charge in [0.2, 0.25) is 0 Å². The van der Waals surface area contributed by atoms with E-state index in [9.17, 15) is 9.59 Å². The van der Waals surface area contributed by atoms with Crippen LogP contribution in [-0.2, 0) is 0 Å². The Morgan fingerprint density at radius 1 is 1.50 bits per heavy atom. The molecule has 1 aromatic rings. The molecular formula is C12H12N2O4. The highest BCUT2D eigenvalue weighted by Gasteiger charge is 2.11.